The second-order valence-corrected chi connectivity index (χ2v) is 5.06. The summed E-state index contributed by atoms with van der Waals surface area (Å²) in [5, 5.41) is 9.41. The van der Waals surface area contributed by atoms with Crippen LogP contribution in [0.15, 0.2) is 23.5 Å². The van der Waals surface area contributed by atoms with E-state index in [0.29, 0.717) is 18.7 Å². The van der Waals surface area contributed by atoms with Crippen molar-refractivity contribution in [1.29, 1.82) is 0 Å². The number of hydrogen-bond acceptors (Lipinski definition) is 4. The summed E-state index contributed by atoms with van der Waals surface area (Å²) < 4.78 is 1.70. The fourth-order valence-corrected chi connectivity index (χ4v) is 2.12. The molecule has 0 fully saturated rings. The number of rotatable bonds is 6. The summed E-state index contributed by atoms with van der Waals surface area (Å²) in [6.45, 7) is 5.10. The van der Waals surface area contributed by atoms with E-state index in [1.165, 1.54) is 6.33 Å². The smallest absolute Gasteiger partial charge is 0.315 e. The molecule has 0 spiro atoms. The topological polar surface area (TPSA) is 105 Å². The molecule has 2 amide bonds. The van der Waals surface area contributed by atoms with Gasteiger partial charge in [-0.3, -0.25) is 9.48 Å². The highest BCUT2D eigenvalue weighted by atomic mass is 16.2. The minimum Gasteiger partial charge on any atom is -0.338 e. The van der Waals surface area contributed by atoms with Gasteiger partial charge in [-0.25, -0.2) is 9.78 Å². The molecule has 0 atom stereocenters. The quantitative estimate of drug-likeness (QED) is 0.675. The zero-order valence-corrected chi connectivity index (χ0v) is 12.7. The first-order chi connectivity index (χ1) is 10.6. The molecule has 118 valence electrons. The van der Waals surface area contributed by atoms with Crippen LogP contribution in [0.5, 0.6) is 0 Å². The van der Waals surface area contributed by atoms with Crippen LogP contribution in [0.1, 0.15) is 23.2 Å². The number of hydrogen-bond donors (Lipinski definition) is 3. The van der Waals surface area contributed by atoms with Gasteiger partial charge in [-0.2, -0.15) is 5.10 Å². The Kier molecular flexibility index (Phi) is 5.29. The van der Waals surface area contributed by atoms with Crippen molar-refractivity contribution in [3.8, 4) is 0 Å². The zero-order chi connectivity index (χ0) is 15.9. The molecule has 0 aromatic carbocycles. The fourth-order valence-electron chi connectivity index (χ4n) is 2.12. The predicted octanol–water partition coefficient (Wildman–Crippen LogP) is 0.473. The van der Waals surface area contributed by atoms with E-state index in [-0.39, 0.29) is 18.1 Å². The number of nitrogens with zero attached hydrogens (tertiary/aromatic N) is 3. The van der Waals surface area contributed by atoms with Gasteiger partial charge >= 0.3 is 6.03 Å². The average Bonchev–Trinajstić information content (AvgIpc) is 2.95. The van der Waals surface area contributed by atoms with Crippen molar-refractivity contribution in [3.05, 3.63) is 45.9 Å². The molecule has 2 aromatic rings. The number of pyridine rings is 1. The van der Waals surface area contributed by atoms with E-state index >= 15 is 0 Å². The monoisotopic (exact) mass is 304 g/mol. The number of carbonyl (C=O) groups excluding carboxylic acids is 1. The minimum absolute atomic E-state index is 0.163. The molecule has 0 saturated heterocycles. The summed E-state index contributed by atoms with van der Waals surface area (Å²) >= 11 is 0. The van der Waals surface area contributed by atoms with Crippen molar-refractivity contribution in [1.82, 2.24) is 30.4 Å². The molecule has 0 aliphatic rings. The Balaban J connectivity index is 1.73. The van der Waals surface area contributed by atoms with Crippen LogP contribution in [0, 0.1) is 13.8 Å². The van der Waals surface area contributed by atoms with Gasteiger partial charge in [-0.15, -0.1) is 0 Å². The van der Waals surface area contributed by atoms with Crippen LogP contribution in [0.3, 0.4) is 0 Å². The summed E-state index contributed by atoms with van der Waals surface area (Å²) in [4.78, 5) is 30.1. The highest BCUT2D eigenvalue weighted by molar-refractivity contribution is 5.73. The molecule has 0 aliphatic carbocycles. The zero-order valence-electron chi connectivity index (χ0n) is 12.7. The first-order valence-corrected chi connectivity index (χ1v) is 7.10. The molecule has 0 radical (unpaired) electrons. The Hall–Kier alpha value is -2.64. The number of amides is 2. The number of aromatic amines is 1. The van der Waals surface area contributed by atoms with Gasteiger partial charge in [-0.05, 0) is 31.9 Å². The normalized spacial score (nSPS) is 10.5. The lowest BCUT2D eigenvalue weighted by Crippen LogP contribution is -2.37. The van der Waals surface area contributed by atoms with E-state index in [4.69, 9.17) is 0 Å². The molecule has 3 N–H and O–H groups in total. The molecule has 2 aromatic heterocycles. The van der Waals surface area contributed by atoms with E-state index in [1.54, 1.807) is 11.0 Å². The van der Waals surface area contributed by atoms with Crippen LogP contribution in [-0.2, 0) is 13.1 Å². The largest absolute Gasteiger partial charge is 0.338 e. The van der Waals surface area contributed by atoms with Gasteiger partial charge in [0.15, 0.2) is 0 Å². The second kappa shape index (κ2) is 7.39. The van der Waals surface area contributed by atoms with E-state index < -0.39 is 0 Å². The molecule has 0 unspecified atom stereocenters. The van der Waals surface area contributed by atoms with Gasteiger partial charge in [0, 0.05) is 24.3 Å². The molecular weight excluding hydrogens is 284 g/mol. The molecule has 2 heterocycles. The number of urea groups is 1. The third-order valence-electron chi connectivity index (χ3n) is 3.24. The molecule has 8 nitrogen and oxygen atoms in total. The van der Waals surface area contributed by atoms with Crippen molar-refractivity contribution in [2.45, 2.75) is 33.4 Å². The SMILES string of the molecule is Cc1cc(C)c(CNC(=O)NCCCn2cncn2)c(=O)[nH]1. The van der Waals surface area contributed by atoms with E-state index in [0.717, 1.165) is 17.7 Å². The number of nitrogens with one attached hydrogen (secondary N) is 3. The summed E-state index contributed by atoms with van der Waals surface area (Å²) in [6.07, 6.45) is 3.86. The van der Waals surface area contributed by atoms with Gasteiger partial charge in [0.1, 0.15) is 12.7 Å². The van der Waals surface area contributed by atoms with Gasteiger partial charge in [-0.1, -0.05) is 0 Å². The highest BCUT2D eigenvalue weighted by Gasteiger charge is 2.07. The van der Waals surface area contributed by atoms with Crippen molar-refractivity contribution in [2.24, 2.45) is 0 Å². The highest BCUT2D eigenvalue weighted by Crippen LogP contribution is 2.02. The molecule has 22 heavy (non-hydrogen) atoms. The Morgan fingerprint density at radius 3 is 2.86 bits per heavy atom. The Labute approximate surface area is 128 Å². The van der Waals surface area contributed by atoms with Crippen LogP contribution in [0.4, 0.5) is 4.79 Å². The number of H-pyrrole nitrogens is 1. The third kappa shape index (κ3) is 4.44. The summed E-state index contributed by atoms with van der Waals surface area (Å²) in [7, 11) is 0. The summed E-state index contributed by atoms with van der Waals surface area (Å²) in [5.74, 6) is 0. The molecule has 0 aliphatic heterocycles. The van der Waals surface area contributed by atoms with Crippen LogP contribution in [-0.4, -0.2) is 32.3 Å². The summed E-state index contributed by atoms with van der Waals surface area (Å²) in [5.41, 5.74) is 2.09. The van der Waals surface area contributed by atoms with Gasteiger partial charge in [0.2, 0.25) is 0 Å². The lowest BCUT2D eigenvalue weighted by molar-refractivity contribution is 0.240. The van der Waals surface area contributed by atoms with Crippen LogP contribution in [0.2, 0.25) is 0 Å². The third-order valence-corrected chi connectivity index (χ3v) is 3.24. The lowest BCUT2D eigenvalue weighted by Gasteiger charge is -2.09. The first kappa shape index (κ1) is 15.7. The average molecular weight is 304 g/mol. The molecule has 0 bridgehead atoms. The van der Waals surface area contributed by atoms with Crippen LogP contribution < -0.4 is 16.2 Å². The number of carbonyl (C=O) groups is 1. The second-order valence-electron chi connectivity index (χ2n) is 5.06. The fraction of sp³-hybridized carbons (Fsp3) is 0.429. The number of aryl methyl sites for hydroxylation is 3. The van der Waals surface area contributed by atoms with Crippen LogP contribution >= 0.6 is 0 Å². The standard InChI is InChI=1S/C14H20N6O2/c1-10-6-11(2)19-13(21)12(10)7-17-14(22)16-4-3-5-20-9-15-8-18-20/h6,8-9H,3-5,7H2,1-2H3,(H,19,21)(H2,16,17,22). The molecule has 2 rings (SSSR count). The van der Waals surface area contributed by atoms with E-state index in [2.05, 4.69) is 25.7 Å². The lowest BCUT2D eigenvalue weighted by atomic mass is 10.1. The Bertz CT molecular complexity index is 677. The molecule has 0 saturated carbocycles. The summed E-state index contributed by atoms with van der Waals surface area (Å²) in [6, 6.07) is 1.59. The van der Waals surface area contributed by atoms with Gasteiger partial charge in [0.25, 0.3) is 5.56 Å². The molecule has 8 heteroatoms. The maximum atomic E-state index is 11.8. The predicted molar refractivity (Wildman–Crippen MR) is 81.4 cm³/mol. The van der Waals surface area contributed by atoms with Crippen molar-refractivity contribution in [2.75, 3.05) is 6.54 Å². The van der Waals surface area contributed by atoms with Gasteiger partial charge < -0.3 is 15.6 Å². The Morgan fingerprint density at radius 1 is 1.36 bits per heavy atom. The van der Waals surface area contributed by atoms with Crippen molar-refractivity contribution >= 4 is 6.03 Å². The van der Waals surface area contributed by atoms with E-state index in [1.807, 2.05) is 19.9 Å². The van der Waals surface area contributed by atoms with Gasteiger partial charge in [0.05, 0.1) is 6.54 Å². The molecular formula is C14H20N6O2. The minimum atomic E-state index is -0.294. The Morgan fingerprint density at radius 2 is 2.18 bits per heavy atom. The van der Waals surface area contributed by atoms with Crippen molar-refractivity contribution in [3.63, 3.8) is 0 Å². The van der Waals surface area contributed by atoms with Crippen LogP contribution in [0.25, 0.3) is 0 Å². The number of aromatic nitrogens is 4. The maximum Gasteiger partial charge on any atom is 0.315 e. The maximum absolute atomic E-state index is 11.8. The van der Waals surface area contributed by atoms with Crippen molar-refractivity contribution < 1.29 is 4.79 Å². The van der Waals surface area contributed by atoms with E-state index in [9.17, 15) is 9.59 Å². The first-order valence-electron chi connectivity index (χ1n) is 7.10.